The van der Waals surface area contributed by atoms with E-state index in [1.54, 1.807) is 0 Å². The Morgan fingerprint density at radius 1 is 1.35 bits per heavy atom. The molecule has 4 rings (SSSR count). The van der Waals surface area contributed by atoms with Crippen molar-refractivity contribution < 1.29 is 9.53 Å². The fourth-order valence-corrected chi connectivity index (χ4v) is 2.43. The zero-order chi connectivity index (χ0) is 11.8. The molecule has 1 aromatic carbocycles. The first kappa shape index (κ1) is 10.6. The Labute approximate surface area is 100 Å². The van der Waals surface area contributed by atoms with E-state index in [0.29, 0.717) is 0 Å². The highest BCUT2D eigenvalue weighted by atomic mass is 16.5. The Bertz CT molecular complexity index is 424. The lowest BCUT2D eigenvalue weighted by molar-refractivity contribution is -0.197. The molecule has 90 valence electrons. The average molecular weight is 232 g/mol. The number of carbonyl (C=O) groups excluding carboxylic acids is 1. The van der Waals surface area contributed by atoms with E-state index in [-0.39, 0.29) is 18.1 Å². The normalized spacial score (nSPS) is 26.8. The van der Waals surface area contributed by atoms with Crippen molar-refractivity contribution >= 4 is 11.6 Å². The predicted molar refractivity (Wildman–Crippen MR) is 64.4 cm³/mol. The minimum Gasteiger partial charge on any atom is -0.399 e. The lowest BCUT2D eigenvalue weighted by Crippen LogP contribution is -2.61. The molecule has 3 saturated heterocycles. The number of hydrogen-bond acceptors (Lipinski definition) is 3. The van der Waals surface area contributed by atoms with Crippen molar-refractivity contribution in [1.82, 2.24) is 4.90 Å². The summed E-state index contributed by atoms with van der Waals surface area (Å²) in [5.41, 5.74) is 7.62. The number of carbonyl (C=O) groups is 1. The summed E-state index contributed by atoms with van der Waals surface area (Å²) in [6.45, 7) is 1.53. The van der Waals surface area contributed by atoms with Gasteiger partial charge in [0, 0.05) is 25.2 Å². The van der Waals surface area contributed by atoms with Gasteiger partial charge in [0.2, 0.25) is 0 Å². The van der Waals surface area contributed by atoms with E-state index in [4.69, 9.17) is 10.5 Å². The summed E-state index contributed by atoms with van der Waals surface area (Å²) >= 11 is 0. The molecule has 0 aliphatic carbocycles. The molecule has 3 aliphatic rings. The second-order valence-electron chi connectivity index (χ2n) is 4.76. The fourth-order valence-electron chi connectivity index (χ4n) is 2.43. The number of morpholine rings is 1. The molecule has 1 amide bonds. The van der Waals surface area contributed by atoms with Gasteiger partial charge in [0.1, 0.15) is 6.10 Å². The van der Waals surface area contributed by atoms with Crippen LogP contribution in [0.1, 0.15) is 12.0 Å². The Morgan fingerprint density at radius 3 is 2.71 bits per heavy atom. The summed E-state index contributed by atoms with van der Waals surface area (Å²) in [7, 11) is 0. The molecule has 0 spiro atoms. The van der Waals surface area contributed by atoms with Crippen LogP contribution in [0, 0.1) is 0 Å². The van der Waals surface area contributed by atoms with Crippen LogP contribution in [-0.4, -0.2) is 36.1 Å². The van der Waals surface area contributed by atoms with Gasteiger partial charge in [-0.05, 0) is 24.1 Å². The van der Waals surface area contributed by atoms with Crippen molar-refractivity contribution in [2.24, 2.45) is 0 Å². The van der Waals surface area contributed by atoms with E-state index in [2.05, 4.69) is 0 Å². The van der Waals surface area contributed by atoms with E-state index < -0.39 is 0 Å². The highest BCUT2D eigenvalue weighted by Crippen LogP contribution is 2.29. The molecule has 2 unspecified atom stereocenters. The molecule has 0 radical (unpaired) electrons. The smallest absolute Gasteiger partial charge is 0.251 e. The topological polar surface area (TPSA) is 55.6 Å². The molecule has 0 aromatic heterocycles. The monoisotopic (exact) mass is 232 g/mol. The molecule has 17 heavy (non-hydrogen) atoms. The number of hydrogen-bond donors (Lipinski definition) is 1. The van der Waals surface area contributed by atoms with Crippen LogP contribution in [0.5, 0.6) is 0 Å². The molecule has 4 heteroatoms. The van der Waals surface area contributed by atoms with E-state index in [1.165, 1.54) is 5.56 Å². The summed E-state index contributed by atoms with van der Waals surface area (Å²) in [4.78, 5) is 13.7. The summed E-state index contributed by atoms with van der Waals surface area (Å²) in [6.07, 6.45) is 1.92. The summed E-state index contributed by atoms with van der Waals surface area (Å²) in [6, 6.07) is 7.82. The van der Waals surface area contributed by atoms with Crippen LogP contribution < -0.4 is 5.73 Å². The van der Waals surface area contributed by atoms with Crippen molar-refractivity contribution in [1.29, 1.82) is 0 Å². The van der Waals surface area contributed by atoms with Crippen LogP contribution in [0.15, 0.2) is 24.3 Å². The molecule has 3 fully saturated rings. The predicted octanol–water partition coefficient (Wildman–Crippen LogP) is 0.811. The largest absolute Gasteiger partial charge is 0.399 e. The lowest BCUT2D eigenvalue weighted by Gasteiger charge is -2.46. The van der Waals surface area contributed by atoms with Crippen molar-refractivity contribution in [2.75, 3.05) is 18.8 Å². The first-order valence-electron chi connectivity index (χ1n) is 6.01. The molecule has 2 atom stereocenters. The first-order valence-corrected chi connectivity index (χ1v) is 6.01. The van der Waals surface area contributed by atoms with Gasteiger partial charge in [-0.15, -0.1) is 0 Å². The van der Waals surface area contributed by atoms with E-state index >= 15 is 0 Å². The number of nitrogens with two attached hydrogens (primary N) is 1. The molecule has 1 aromatic rings. The highest BCUT2D eigenvalue weighted by Gasteiger charge is 2.44. The second-order valence-corrected chi connectivity index (χ2v) is 4.76. The summed E-state index contributed by atoms with van der Waals surface area (Å²) in [5, 5.41) is 0. The molecular weight excluding hydrogens is 216 g/mol. The minimum atomic E-state index is -0.153. The molecule has 2 bridgehead atoms. The van der Waals surface area contributed by atoms with Gasteiger partial charge in [0.15, 0.2) is 0 Å². The van der Waals surface area contributed by atoms with E-state index in [0.717, 1.165) is 31.6 Å². The molecule has 4 nitrogen and oxygen atoms in total. The zero-order valence-electron chi connectivity index (χ0n) is 9.63. The van der Waals surface area contributed by atoms with Crippen LogP contribution in [0.3, 0.4) is 0 Å². The number of nitrogens with zero attached hydrogens (tertiary/aromatic N) is 1. The molecule has 3 heterocycles. The van der Waals surface area contributed by atoms with Crippen molar-refractivity contribution in [2.45, 2.75) is 25.0 Å². The maximum absolute atomic E-state index is 11.8. The first-order chi connectivity index (χ1) is 8.22. The quantitative estimate of drug-likeness (QED) is 0.785. The number of ether oxygens (including phenoxy) is 1. The average Bonchev–Trinajstić information content (AvgIpc) is 2.28. The van der Waals surface area contributed by atoms with E-state index in [9.17, 15) is 4.79 Å². The van der Waals surface area contributed by atoms with E-state index in [1.807, 2.05) is 29.2 Å². The third kappa shape index (κ3) is 2.00. The van der Waals surface area contributed by atoms with Gasteiger partial charge in [-0.3, -0.25) is 4.79 Å². The number of fused-ring (bicyclic) bond motifs is 2. The minimum absolute atomic E-state index is 0.153. The van der Waals surface area contributed by atoms with Crippen LogP contribution in [-0.2, 0) is 16.0 Å². The maximum atomic E-state index is 11.8. The van der Waals surface area contributed by atoms with Gasteiger partial charge in [-0.25, -0.2) is 0 Å². The molecule has 3 aliphatic heterocycles. The number of amides is 1. The van der Waals surface area contributed by atoms with Crippen LogP contribution >= 0.6 is 0 Å². The molecule has 0 saturated carbocycles. The number of benzene rings is 1. The van der Waals surface area contributed by atoms with Crippen LogP contribution in [0.2, 0.25) is 0 Å². The molecule has 2 N–H and O–H groups in total. The maximum Gasteiger partial charge on any atom is 0.251 e. The standard InChI is InChI=1S/C13H16N2O2/c14-10-3-1-9(2-4-10)5-6-15-8-11-7-12(17-11)13(15)16/h1-4,11-12H,5-8,14H2. The van der Waals surface area contributed by atoms with Gasteiger partial charge in [-0.2, -0.15) is 0 Å². The number of nitrogen functional groups attached to an aromatic ring is 1. The summed E-state index contributed by atoms with van der Waals surface area (Å²) in [5.74, 6) is 0.156. The molecular formula is C13H16N2O2. The Morgan fingerprint density at radius 2 is 2.06 bits per heavy atom. The van der Waals surface area contributed by atoms with Crippen LogP contribution in [0.4, 0.5) is 5.69 Å². The van der Waals surface area contributed by atoms with Crippen LogP contribution in [0.25, 0.3) is 0 Å². The number of piperidine rings is 1. The fraction of sp³-hybridized carbons (Fsp3) is 0.462. The van der Waals surface area contributed by atoms with Crippen molar-refractivity contribution in [3.63, 3.8) is 0 Å². The van der Waals surface area contributed by atoms with Gasteiger partial charge in [0.05, 0.1) is 6.10 Å². The SMILES string of the molecule is Nc1ccc(CCN2CC3CC(O3)C2=O)cc1. The Kier molecular flexibility index (Phi) is 2.52. The number of anilines is 1. The zero-order valence-corrected chi connectivity index (χ0v) is 9.63. The van der Waals surface area contributed by atoms with Gasteiger partial charge < -0.3 is 15.4 Å². The van der Waals surface area contributed by atoms with Crippen molar-refractivity contribution in [3.8, 4) is 0 Å². The third-order valence-corrected chi connectivity index (χ3v) is 3.49. The van der Waals surface area contributed by atoms with Gasteiger partial charge >= 0.3 is 0 Å². The third-order valence-electron chi connectivity index (χ3n) is 3.49. The highest BCUT2D eigenvalue weighted by molar-refractivity contribution is 5.83. The van der Waals surface area contributed by atoms with Gasteiger partial charge in [-0.1, -0.05) is 12.1 Å². The summed E-state index contributed by atoms with van der Waals surface area (Å²) < 4.78 is 5.38. The Hall–Kier alpha value is -1.55. The van der Waals surface area contributed by atoms with Crippen molar-refractivity contribution in [3.05, 3.63) is 29.8 Å². The number of rotatable bonds is 3. The van der Waals surface area contributed by atoms with Gasteiger partial charge in [0.25, 0.3) is 5.91 Å². The second kappa shape index (κ2) is 4.04. The lowest BCUT2D eigenvalue weighted by atomic mass is 9.97. The Balaban J connectivity index is 1.57.